The van der Waals surface area contributed by atoms with Crippen LogP contribution in [0.3, 0.4) is 0 Å². The Morgan fingerprint density at radius 2 is 0.571 bits per heavy atom. The number of rotatable bonds is 49. The van der Waals surface area contributed by atoms with Crippen LogP contribution in [0.4, 0.5) is 0 Å². The van der Waals surface area contributed by atoms with Crippen LogP contribution in [0.2, 0.25) is 0 Å². The molecule has 0 amide bonds. The predicted octanol–water partition coefficient (Wildman–Crippen LogP) is 17.9. The van der Waals surface area contributed by atoms with E-state index in [1.807, 2.05) is 0 Å². The molecule has 1 atom stereocenters. The Labute approximate surface area is 390 Å². The summed E-state index contributed by atoms with van der Waals surface area (Å²) in [5.41, 5.74) is 0. The molecule has 0 saturated heterocycles. The van der Waals surface area contributed by atoms with Gasteiger partial charge in [0, 0.05) is 19.3 Å². The lowest BCUT2D eigenvalue weighted by molar-refractivity contribution is -0.167. The predicted molar refractivity (Wildman–Crippen MR) is 270 cm³/mol. The Kier molecular flexibility index (Phi) is 49.8. The maximum atomic E-state index is 12.8. The molecule has 63 heavy (non-hydrogen) atoms. The molecule has 0 bridgehead atoms. The minimum atomic E-state index is -0.785. The second kappa shape index (κ2) is 52.0. The molecule has 0 aliphatic rings. The number of carbonyl (C=O) groups is 3. The fraction of sp³-hybridized carbons (Fsp3) is 0.807. The van der Waals surface area contributed by atoms with Crippen LogP contribution in [0.5, 0.6) is 0 Å². The molecule has 0 aromatic rings. The quantitative estimate of drug-likeness (QED) is 0.0262. The van der Waals surface area contributed by atoms with Gasteiger partial charge in [0.25, 0.3) is 0 Å². The van der Waals surface area contributed by atoms with E-state index in [1.165, 1.54) is 141 Å². The van der Waals surface area contributed by atoms with E-state index in [9.17, 15) is 14.4 Å². The van der Waals surface area contributed by atoms with Crippen molar-refractivity contribution in [1.82, 2.24) is 0 Å². The normalized spacial score (nSPS) is 12.4. The number of hydrogen-bond acceptors (Lipinski definition) is 6. The topological polar surface area (TPSA) is 78.9 Å². The van der Waals surface area contributed by atoms with Crippen molar-refractivity contribution in [2.45, 2.75) is 284 Å². The summed E-state index contributed by atoms with van der Waals surface area (Å²) in [6.45, 7) is 6.59. The molecule has 0 rings (SSSR count). The molecule has 0 aliphatic carbocycles. The maximum absolute atomic E-state index is 12.8. The van der Waals surface area contributed by atoms with E-state index >= 15 is 0 Å². The number of unbranched alkanes of at least 4 members (excludes halogenated alkanes) is 30. The van der Waals surface area contributed by atoms with Crippen molar-refractivity contribution in [2.24, 2.45) is 0 Å². The fourth-order valence-electron chi connectivity index (χ4n) is 7.64. The van der Waals surface area contributed by atoms with Crippen LogP contribution in [-0.2, 0) is 28.6 Å². The minimum absolute atomic E-state index is 0.0843. The van der Waals surface area contributed by atoms with Crippen LogP contribution < -0.4 is 0 Å². The summed E-state index contributed by atoms with van der Waals surface area (Å²) in [7, 11) is 0. The first-order valence-electron chi connectivity index (χ1n) is 27.1. The molecule has 0 N–H and O–H groups in total. The van der Waals surface area contributed by atoms with E-state index in [0.29, 0.717) is 19.3 Å². The smallest absolute Gasteiger partial charge is 0.306 e. The number of hydrogen-bond donors (Lipinski definition) is 0. The van der Waals surface area contributed by atoms with Gasteiger partial charge >= 0.3 is 17.9 Å². The summed E-state index contributed by atoms with van der Waals surface area (Å²) in [5.74, 6) is -0.906. The Morgan fingerprint density at radius 1 is 0.317 bits per heavy atom. The Balaban J connectivity index is 4.41. The Hall–Kier alpha value is -2.63. The first-order chi connectivity index (χ1) is 31.0. The van der Waals surface area contributed by atoms with Crippen LogP contribution in [0.15, 0.2) is 48.6 Å². The van der Waals surface area contributed by atoms with Crippen LogP contribution in [0.25, 0.3) is 0 Å². The van der Waals surface area contributed by atoms with E-state index < -0.39 is 6.10 Å². The molecule has 6 heteroatoms. The van der Waals surface area contributed by atoms with Crippen molar-refractivity contribution in [3.8, 4) is 0 Å². The zero-order valence-electron chi connectivity index (χ0n) is 41.8. The monoisotopic (exact) mass is 883 g/mol. The average Bonchev–Trinajstić information content (AvgIpc) is 3.28. The van der Waals surface area contributed by atoms with E-state index in [-0.39, 0.29) is 31.1 Å². The molecule has 0 aromatic carbocycles. The number of allylic oxidation sites excluding steroid dienone is 8. The van der Waals surface area contributed by atoms with Gasteiger partial charge in [-0.3, -0.25) is 14.4 Å². The van der Waals surface area contributed by atoms with Crippen molar-refractivity contribution in [3.05, 3.63) is 48.6 Å². The van der Waals surface area contributed by atoms with Gasteiger partial charge < -0.3 is 14.2 Å². The van der Waals surface area contributed by atoms with Gasteiger partial charge in [-0.1, -0.05) is 204 Å². The molecule has 0 saturated carbocycles. The van der Waals surface area contributed by atoms with Crippen molar-refractivity contribution in [3.63, 3.8) is 0 Å². The zero-order valence-corrected chi connectivity index (χ0v) is 41.8. The summed E-state index contributed by atoms with van der Waals surface area (Å²) in [6.07, 6.45) is 62.3. The summed E-state index contributed by atoms with van der Waals surface area (Å²) in [6, 6.07) is 0. The molecule has 0 aliphatic heterocycles. The average molecular weight is 883 g/mol. The molecular formula is C57H102O6. The second-order valence-corrected chi connectivity index (χ2v) is 18.1. The molecule has 366 valence electrons. The molecule has 0 fully saturated rings. The van der Waals surface area contributed by atoms with E-state index in [1.54, 1.807) is 0 Å². The highest BCUT2D eigenvalue weighted by molar-refractivity contribution is 5.71. The molecule has 0 unspecified atom stereocenters. The molecule has 0 heterocycles. The van der Waals surface area contributed by atoms with Gasteiger partial charge in [0.15, 0.2) is 6.10 Å². The highest BCUT2D eigenvalue weighted by atomic mass is 16.6. The van der Waals surface area contributed by atoms with Gasteiger partial charge in [0.05, 0.1) is 0 Å². The van der Waals surface area contributed by atoms with Gasteiger partial charge in [-0.05, 0) is 103 Å². The Morgan fingerprint density at radius 3 is 0.921 bits per heavy atom. The molecule has 0 radical (unpaired) electrons. The SMILES string of the molecule is CCCCC/C=C/C/C=C/CCCCCCCC(=O)OC[C@@H](COC(=O)CCCCCCC/C=C/CCCCCCCC)OC(=O)CCCCCCC/C=C/CCCCCCCC. The summed E-state index contributed by atoms with van der Waals surface area (Å²) < 4.78 is 16.8. The summed E-state index contributed by atoms with van der Waals surface area (Å²) in [4.78, 5) is 38.0. The molecule has 0 aromatic heterocycles. The standard InChI is InChI=1S/C57H102O6/c1-4-7-10-13-16-19-22-25-28-31-34-37-40-43-46-49-55(58)61-52-54(63-57(60)51-48-45-42-39-36-33-30-27-24-21-18-15-12-9-6-3)53-62-56(59)50-47-44-41-38-35-32-29-26-23-20-17-14-11-8-5-2/h16,19,25-30,54H,4-15,17-18,20-24,31-53H2,1-3H3/b19-16+,28-25+,29-26+,30-27+/t54-/m0/s1. The lowest BCUT2D eigenvalue weighted by Gasteiger charge is -2.18. The maximum Gasteiger partial charge on any atom is 0.306 e. The molecule has 6 nitrogen and oxygen atoms in total. The first-order valence-corrected chi connectivity index (χ1v) is 27.1. The highest BCUT2D eigenvalue weighted by Gasteiger charge is 2.19. The summed E-state index contributed by atoms with van der Waals surface area (Å²) >= 11 is 0. The number of esters is 3. The third-order valence-electron chi connectivity index (χ3n) is 11.8. The highest BCUT2D eigenvalue weighted by Crippen LogP contribution is 2.14. The minimum Gasteiger partial charge on any atom is -0.462 e. The second-order valence-electron chi connectivity index (χ2n) is 18.1. The summed E-state index contributed by atoms with van der Waals surface area (Å²) in [5, 5.41) is 0. The van der Waals surface area contributed by atoms with Crippen LogP contribution in [0.1, 0.15) is 278 Å². The Bertz CT molecular complexity index is 1110. The van der Waals surface area contributed by atoms with Crippen LogP contribution >= 0.6 is 0 Å². The van der Waals surface area contributed by atoms with Crippen LogP contribution in [0, 0.1) is 0 Å². The van der Waals surface area contributed by atoms with Gasteiger partial charge in [0.1, 0.15) is 13.2 Å². The third kappa shape index (κ3) is 50.2. The van der Waals surface area contributed by atoms with Crippen molar-refractivity contribution in [2.75, 3.05) is 13.2 Å². The lowest BCUT2D eigenvalue weighted by atomic mass is 10.1. The van der Waals surface area contributed by atoms with Crippen LogP contribution in [-0.4, -0.2) is 37.2 Å². The van der Waals surface area contributed by atoms with E-state index in [2.05, 4.69) is 69.4 Å². The fourth-order valence-corrected chi connectivity index (χ4v) is 7.64. The van der Waals surface area contributed by atoms with Gasteiger partial charge in [-0.15, -0.1) is 0 Å². The molecular weight excluding hydrogens is 781 g/mol. The largest absolute Gasteiger partial charge is 0.462 e. The van der Waals surface area contributed by atoms with E-state index in [4.69, 9.17) is 14.2 Å². The number of carbonyl (C=O) groups excluding carboxylic acids is 3. The van der Waals surface area contributed by atoms with Gasteiger partial charge in [-0.2, -0.15) is 0 Å². The van der Waals surface area contributed by atoms with Gasteiger partial charge in [-0.25, -0.2) is 0 Å². The van der Waals surface area contributed by atoms with Gasteiger partial charge in [0.2, 0.25) is 0 Å². The molecule has 0 spiro atoms. The van der Waals surface area contributed by atoms with Crippen molar-refractivity contribution in [1.29, 1.82) is 0 Å². The van der Waals surface area contributed by atoms with E-state index in [0.717, 1.165) is 96.3 Å². The number of ether oxygens (including phenoxy) is 3. The first kappa shape index (κ1) is 60.4. The third-order valence-corrected chi connectivity index (χ3v) is 11.8. The van der Waals surface area contributed by atoms with Crippen molar-refractivity contribution < 1.29 is 28.6 Å². The lowest BCUT2D eigenvalue weighted by Crippen LogP contribution is -2.30. The zero-order chi connectivity index (χ0) is 45.8. The van der Waals surface area contributed by atoms with Crippen molar-refractivity contribution >= 4 is 17.9 Å².